The molecule has 1 aliphatic rings. The maximum absolute atomic E-state index is 11.6. The number of aryl methyl sites for hydroxylation is 1. The van der Waals surface area contributed by atoms with Gasteiger partial charge in [-0.2, -0.15) is 5.10 Å². The van der Waals surface area contributed by atoms with Crippen molar-refractivity contribution in [2.24, 2.45) is 0 Å². The lowest BCUT2D eigenvalue weighted by molar-refractivity contribution is -0.116. The normalized spacial score (nSPS) is 14.0. The summed E-state index contributed by atoms with van der Waals surface area (Å²) in [4.78, 5) is 11.6. The van der Waals surface area contributed by atoms with Crippen molar-refractivity contribution in [3.05, 3.63) is 35.5 Å². The third-order valence-electron chi connectivity index (χ3n) is 3.67. The first-order chi connectivity index (χ1) is 10.7. The first-order valence-corrected chi connectivity index (χ1v) is 7.26. The van der Waals surface area contributed by atoms with Gasteiger partial charge in [-0.05, 0) is 24.1 Å². The van der Waals surface area contributed by atoms with Crippen molar-refractivity contribution in [1.82, 2.24) is 9.78 Å². The van der Waals surface area contributed by atoms with Gasteiger partial charge in [0.15, 0.2) is 0 Å². The SMILES string of the molecule is COc1cc(Cc2cc3n(n2)CCCC(=O)N3)cc(OC)c1. The molecule has 0 spiro atoms. The van der Waals surface area contributed by atoms with Crippen LogP contribution < -0.4 is 14.8 Å². The van der Waals surface area contributed by atoms with Crippen LogP contribution in [0.15, 0.2) is 24.3 Å². The van der Waals surface area contributed by atoms with Crippen LogP contribution in [0.2, 0.25) is 0 Å². The summed E-state index contributed by atoms with van der Waals surface area (Å²) in [6.07, 6.45) is 2.02. The van der Waals surface area contributed by atoms with Crippen LogP contribution in [0.1, 0.15) is 24.1 Å². The summed E-state index contributed by atoms with van der Waals surface area (Å²) in [5.74, 6) is 2.33. The molecule has 0 bridgehead atoms. The van der Waals surface area contributed by atoms with Crippen molar-refractivity contribution in [3.63, 3.8) is 0 Å². The first kappa shape index (κ1) is 14.4. The lowest BCUT2D eigenvalue weighted by atomic mass is 10.1. The van der Waals surface area contributed by atoms with E-state index in [1.165, 1.54) is 0 Å². The maximum atomic E-state index is 11.6. The molecule has 1 N–H and O–H groups in total. The average molecular weight is 301 g/mol. The molecule has 0 atom stereocenters. The Hall–Kier alpha value is -2.50. The van der Waals surface area contributed by atoms with E-state index in [9.17, 15) is 4.79 Å². The van der Waals surface area contributed by atoms with Crippen LogP contribution in [0, 0.1) is 0 Å². The number of amides is 1. The van der Waals surface area contributed by atoms with Crippen molar-refractivity contribution in [2.45, 2.75) is 25.8 Å². The van der Waals surface area contributed by atoms with Crippen LogP contribution in [0.3, 0.4) is 0 Å². The standard InChI is InChI=1S/C16H19N3O3/c1-21-13-7-11(8-14(10-13)22-2)6-12-9-15-17-16(20)4-3-5-19(15)18-12/h7-10H,3-6H2,1-2H3,(H,17,20). The van der Waals surface area contributed by atoms with E-state index in [0.717, 1.165) is 41.5 Å². The topological polar surface area (TPSA) is 65.4 Å². The smallest absolute Gasteiger partial charge is 0.225 e. The molecule has 22 heavy (non-hydrogen) atoms. The number of methoxy groups -OCH3 is 2. The van der Waals surface area contributed by atoms with Crippen molar-refractivity contribution in [3.8, 4) is 11.5 Å². The van der Waals surface area contributed by atoms with Gasteiger partial charge in [0.2, 0.25) is 5.91 Å². The van der Waals surface area contributed by atoms with Gasteiger partial charge in [-0.15, -0.1) is 0 Å². The third kappa shape index (κ3) is 3.05. The lowest BCUT2D eigenvalue weighted by Crippen LogP contribution is -2.09. The average Bonchev–Trinajstić information content (AvgIpc) is 2.79. The predicted molar refractivity (Wildman–Crippen MR) is 82.4 cm³/mol. The van der Waals surface area contributed by atoms with Gasteiger partial charge in [-0.1, -0.05) is 0 Å². The molecule has 3 rings (SSSR count). The maximum Gasteiger partial charge on any atom is 0.225 e. The minimum absolute atomic E-state index is 0.0493. The third-order valence-corrected chi connectivity index (χ3v) is 3.67. The number of carbonyl (C=O) groups is 1. The van der Waals surface area contributed by atoms with Gasteiger partial charge in [0.25, 0.3) is 0 Å². The van der Waals surface area contributed by atoms with Crippen LogP contribution >= 0.6 is 0 Å². The predicted octanol–water partition coefficient (Wildman–Crippen LogP) is 2.22. The first-order valence-electron chi connectivity index (χ1n) is 7.26. The highest BCUT2D eigenvalue weighted by Gasteiger charge is 2.15. The van der Waals surface area contributed by atoms with E-state index in [-0.39, 0.29) is 5.91 Å². The number of hydrogen-bond donors (Lipinski definition) is 1. The zero-order valence-corrected chi connectivity index (χ0v) is 12.8. The molecule has 1 aromatic carbocycles. The fourth-order valence-corrected chi connectivity index (χ4v) is 2.60. The number of carbonyl (C=O) groups excluding carboxylic acids is 1. The number of nitrogens with one attached hydrogen (secondary N) is 1. The highest BCUT2D eigenvalue weighted by molar-refractivity contribution is 5.90. The number of anilines is 1. The quantitative estimate of drug-likeness (QED) is 0.940. The van der Waals surface area contributed by atoms with Crippen LogP contribution in [-0.4, -0.2) is 29.9 Å². The Kier molecular flexibility index (Phi) is 4.00. The van der Waals surface area contributed by atoms with E-state index >= 15 is 0 Å². The summed E-state index contributed by atoms with van der Waals surface area (Å²) >= 11 is 0. The Labute approximate surface area is 129 Å². The molecule has 0 saturated carbocycles. The van der Waals surface area contributed by atoms with E-state index in [2.05, 4.69) is 10.4 Å². The summed E-state index contributed by atoms with van der Waals surface area (Å²) in [5, 5.41) is 7.46. The fourth-order valence-electron chi connectivity index (χ4n) is 2.60. The second-order valence-corrected chi connectivity index (χ2v) is 5.29. The molecule has 0 fully saturated rings. The summed E-state index contributed by atoms with van der Waals surface area (Å²) < 4.78 is 12.4. The minimum atomic E-state index is 0.0493. The molecule has 0 aliphatic carbocycles. The molecule has 2 heterocycles. The molecule has 116 valence electrons. The fraction of sp³-hybridized carbons (Fsp3) is 0.375. The molecule has 0 saturated heterocycles. The lowest BCUT2D eigenvalue weighted by Gasteiger charge is -2.07. The number of ether oxygens (including phenoxy) is 2. The summed E-state index contributed by atoms with van der Waals surface area (Å²) in [6, 6.07) is 7.69. The monoisotopic (exact) mass is 301 g/mol. The Balaban J connectivity index is 1.84. The van der Waals surface area contributed by atoms with Crippen LogP contribution in [0.25, 0.3) is 0 Å². The minimum Gasteiger partial charge on any atom is -0.497 e. The van der Waals surface area contributed by atoms with Crippen LogP contribution in [0.4, 0.5) is 5.82 Å². The highest BCUT2D eigenvalue weighted by Crippen LogP contribution is 2.25. The van der Waals surface area contributed by atoms with Gasteiger partial charge in [0.1, 0.15) is 17.3 Å². The van der Waals surface area contributed by atoms with Gasteiger partial charge in [-0.25, -0.2) is 4.68 Å². The Morgan fingerprint density at radius 1 is 1.18 bits per heavy atom. The van der Waals surface area contributed by atoms with E-state index in [1.807, 2.05) is 28.9 Å². The molecule has 6 nitrogen and oxygen atoms in total. The van der Waals surface area contributed by atoms with Crippen LogP contribution in [-0.2, 0) is 17.8 Å². The Morgan fingerprint density at radius 2 is 1.91 bits per heavy atom. The molecule has 6 heteroatoms. The van der Waals surface area contributed by atoms with E-state index in [4.69, 9.17) is 9.47 Å². The second-order valence-electron chi connectivity index (χ2n) is 5.29. The van der Waals surface area contributed by atoms with Crippen LogP contribution in [0.5, 0.6) is 11.5 Å². The van der Waals surface area contributed by atoms with E-state index in [0.29, 0.717) is 12.8 Å². The number of nitrogens with zero attached hydrogens (tertiary/aromatic N) is 2. The molecule has 0 radical (unpaired) electrons. The van der Waals surface area contributed by atoms with Gasteiger partial charge >= 0.3 is 0 Å². The van der Waals surface area contributed by atoms with Crippen molar-refractivity contribution >= 4 is 11.7 Å². The van der Waals surface area contributed by atoms with Gasteiger partial charge < -0.3 is 14.8 Å². The van der Waals surface area contributed by atoms with Gasteiger partial charge in [-0.3, -0.25) is 4.79 Å². The summed E-state index contributed by atoms with van der Waals surface area (Å²) in [5.41, 5.74) is 1.96. The number of benzene rings is 1. The molecule has 0 unspecified atom stereocenters. The zero-order valence-electron chi connectivity index (χ0n) is 12.8. The highest BCUT2D eigenvalue weighted by atomic mass is 16.5. The number of fused-ring (bicyclic) bond motifs is 1. The van der Waals surface area contributed by atoms with Gasteiger partial charge in [0, 0.05) is 31.5 Å². The second kappa shape index (κ2) is 6.09. The van der Waals surface area contributed by atoms with Crippen molar-refractivity contribution in [2.75, 3.05) is 19.5 Å². The Bertz CT molecular complexity index is 672. The number of rotatable bonds is 4. The van der Waals surface area contributed by atoms with E-state index < -0.39 is 0 Å². The summed E-state index contributed by atoms with van der Waals surface area (Å²) in [6.45, 7) is 0.759. The molecule has 1 aromatic heterocycles. The molecular weight excluding hydrogens is 282 g/mol. The van der Waals surface area contributed by atoms with Gasteiger partial charge in [0.05, 0.1) is 19.9 Å². The largest absolute Gasteiger partial charge is 0.497 e. The number of aromatic nitrogens is 2. The Morgan fingerprint density at radius 3 is 2.59 bits per heavy atom. The molecular formula is C16H19N3O3. The molecule has 1 aliphatic heterocycles. The van der Waals surface area contributed by atoms with E-state index in [1.54, 1.807) is 14.2 Å². The van der Waals surface area contributed by atoms with Crippen molar-refractivity contribution < 1.29 is 14.3 Å². The molecule has 1 amide bonds. The number of hydrogen-bond acceptors (Lipinski definition) is 4. The zero-order chi connectivity index (χ0) is 15.5. The molecule has 2 aromatic rings. The summed E-state index contributed by atoms with van der Waals surface area (Å²) in [7, 11) is 3.26. The van der Waals surface area contributed by atoms with Crippen molar-refractivity contribution in [1.29, 1.82) is 0 Å².